The number of nitrogens with two attached hydrogens (primary N) is 1. The highest BCUT2D eigenvalue weighted by Crippen LogP contribution is 2.19. The summed E-state index contributed by atoms with van der Waals surface area (Å²) >= 11 is 5.67. The molecular weight excluding hydrogens is 399 g/mol. The Labute approximate surface area is 173 Å². The molecule has 7 nitrogen and oxygen atoms in total. The van der Waals surface area contributed by atoms with Gasteiger partial charge in [-0.15, -0.1) is 0 Å². The Bertz CT molecular complexity index is 871. The third kappa shape index (κ3) is 6.42. The highest BCUT2D eigenvalue weighted by atomic mass is 35.5. The number of amidine groups is 1. The van der Waals surface area contributed by atoms with Crippen molar-refractivity contribution in [1.29, 1.82) is 0 Å². The van der Waals surface area contributed by atoms with Gasteiger partial charge >= 0.3 is 0 Å². The van der Waals surface area contributed by atoms with Crippen LogP contribution in [0.2, 0.25) is 5.02 Å². The van der Waals surface area contributed by atoms with E-state index in [2.05, 4.69) is 15.4 Å². The monoisotopic (exact) mass is 420 g/mol. The number of ether oxygens (including phenoxy) is 1. The van der Waals surface area contributed by atoms with E-state index in [0.717, 1.165) is 38.9 Å². The van der Waals surface area contributed by atoms with E-state index < -0.39 is 11.7 Å². The number of nitrogens with zero attached hydrogens (tertiary/aromatic N) is 2. The zero-order chi connectivity index (χ0) is 20.6. The lowest BCUT2D eigenvalue weighted by Crippen LogP contribution is -2.35. The lowest BCUT2D eigenvalue weighted by molar-refractivity contribution is -0.120. The first-order valence-electron chi connectivity index (χ1n) is 9.11. The van der Waals surface area contributed by atoms with E-state index in [0.29, 0.717) is 11.3 Å². The molecule has 0 radical (unpaired) electrons. The summed E-state index contributed by atoms with van der Waals surface area (Å²) in [5.41, 5.74) is 8.13. The van der Waals surface area contributed by atoms with E-state index in [1.54, 1.807) is 0 Å². The number of halogens is 2. The van der Waals surface area contributed by atoms with Gasteiger partial charge in [0.25, 0.3) is 5.91 Å². The van der Waals surface area contributed by atoms with Crippen molar-refractivity contribution < 1.29 is 18.8 Å². The minimum Gasteiger partial charge on any atom is -0.384 e. The predicted molar refractivity (Wildman–Crippen MR) is 109 cm³/mol. The SMILES string of the molecule is NC(=NOCC(=O)Nc1ccc(F)c(Cl)c1)c1ccc(CN2CCOCC2)cc1. The summed E-state index contributed by atoms with van der Waals surface area (Å²) in [5, 5.41) is 6.22. The minimum absolute atomic E-state index is 0.0805. The van der Waals surface area contributed by atoms with Crippen molar-refractivity contribution in [3.63, 3.8) is 0 Å². The number of rotatable bonds is 7. The van der Waals surface area contributed by atoms with Gasteiger partial charge in [0.2, 0.25) is 0 Å². The molecule has 1 amide bonds. The number of carbonyl (C=O) groups is 1. The van der Waals surface area contributed by atoms with Crippen LogP contribution >= 0.6 is 11.6 Å². The number of amides is 1. The molecule has 154 valence electrons. The fourth-order valence-electron chi connectivity index (χ4n) is 2.78. The van der Waals surface area contributed by atoms with Crippen molar-refractivity contribution in [2.75, 3.05) is 38.2 Å². The van der Waals surface area contributed by atoms with Crippen molar-refractivity contribution in [3.05, 3.63) is 64.4 Å². The molecule has 0 unspecified atom stereocenters. The molecule has 0 aliphatic carbocycles. The highest BCUT2D eigenvalue weighted by Gasteiger charge is 2.11. The van der Waals surface area contributed by atoms with Gasteiger partial charge in [-0.2, -0.15) is 0 Å². The molecule has 1 aliphatic heterocycles. The van der Waals surface area contributed by atoms with Gasteiger partial charge in [-0.3, -0.25) is 9.69 Å². The van der Waals surface area contributed by atoms with Gasteiger partial charge in [-0.05, 0) is 23.8 Å². The van der Waals surface area contributed by atoms with Gasteiger partial charge in [0.15, 0.2) is 12.4 Å². The topological polar surface area (TPSA) is 89.2 Å². The van der Waals surface area contributed by atoms with E-state index in [1.165, 1.54) is 17.7 Å². The van der Waals surface area contributed by atoms with Gasteiger partial charge in [-0.25, -0.2) is 4.39 Å². The first-order chi connectivity index (χ1) is 14.0. The fraction of sp³-hybridized carbons (Fsp3) is 0.300. The van der Waals surface area contributed by atoms with Gasteiger partial charge in [-0.1, -0.05) is 41.0 Å². The van der Waals surface area contributed by atoms with Crippen LogP contribution in [-0.2, 0) is 20.9 Å². The molecule has 1 aliphatic rings. The van der Waals surface area contributed by atoms with Crippen LogP contribution in [0, 0.1) is 5.82 Å². The maximum Gasteiger partial charge on any atom is 0.265 e. The molecule has 1 heterocycles. The maximum atomic E-state index is 13.1. The Balaban J connectivity index is 1.47. The quantitative estimate of drug-likeness (QED) is 0.408. The van der Waals surface area contributed by atoms with Crippen molar-refractivity contribution >= 4 is 29.0 Å². The van der Waals surface area contributed by atoms with Gasteiger partial charge in [0.05, 0.1) is 18.2 Å². The number of oxime groups is 1. The lowest BCUT2D eigenvalue weighted by atomic mass is 10.1. The smallest absolute Gasteiger partial charge is 0.265 e. The molecular formula is C20H22ClFN4O3. The van der Waals surface area contributed by atoms with E-state index >= 15 is 0 Å². The predicted octanol–water partition coefficient (Wildman–Crippen LogP) is 2.59. The molecule has 9 heteroatoms. The molecule has 0 bridgehead atoms. The number of nitrogens with one attached hydrogen (secondary N) is 1. The average Bonchev–Trinajstić information content (AvgIpc) is 2.72. The standard InChI is InChI=1S/C20H22ClFN4O3/c21-17-11-16(5-6-18(17)22)24-19(27)13-29-25-20(23)15-3-1-14(2-4-15)12-26-7-9-28-10-8-26/h1-6,11H,7-10,12-13H2,(H2,23,25)(H,24,27). The summed E-state index contributed by atoms with van der Waals surface area (Å²) in [6, 6.07) is 11.6. The molecule has 0 saturated carbocycles. The molecule has 29 heavy (non-hydrogen) atoms. The van der Waals surface area contributed by atoms with E-state index in [4.69, 9.17) is 26.9 Å². The summed E-state index contributed by atoms with van der Waals surface area (Å²) in [6.45, 7) is 3.87. The number of carbonyl (C=O) groups excluding carboxylic acids is 1. The third-order valence-corrected chi connectivity index (χ3v) is 4.61. The van der Waals surface area contributed by atoms with Crippen LogP contribution in [0.3, 0.4) is 0 Å². The van der Waals surface area contributed by atoms with Gasteiger partial charge in [0.1, 0.15) is 5.82 Å². The maximum absolute atomic E-state index is 13.1. The van der Waals surface area contributed by atoms with E-state index in [1.807, 2.05) is 24.3 Å². The molecule has 1 saturated heterocycles. The summed E-state index contributed by atoms with van der Waals surface area (Å²) in [7, 11) is 0. The molecule has 2 aromatic carbocycles. The summed E-state index contributed by atoms with van der Waals surface area (Å²) < 4.78 is 18.5. The molecule has 0 atom stereocenters. The van der Waals surface area contributed by atoms with Crippen molar-refractivity contribution in [2.45, 2.75) is 6.54 Å². The van der Waals surface area contributed by atoms with Gasteiger partial charge in [0, 0.05) is 30.9 Å². The lowest BCUT2D eigenvalue weighted by Gasteiger charge is -2.26. The molecule has 3 rings (SSSR count). The zero-order valence-corrected chi connectivity index (χ0v) is 16.5. The van der Waals surface area contributed by atoms with Crippen LogP contribution in [0.15, 0.2) is 47.6 Å². The van der Waals surface area contributed by atoms with Crippen molar-refractivity contribution in [2.24, 2.45) is 10.9 Å². The zero-order valence-electron chi connectivity index (χ0n) is 15.7. The van der Waals surface area contributed by atoms with Crippen LogP contribution in [-0.4, -0.2) is 49.6 Å². The Hall–Kier alpha value is -2.68. The second-order valence-electron chi connectivity index (χ2n) is 6.51. The summed E-state index contributed by atoms with van der Waals surface area (Å²) in [6.07, 6.45) is 0. The number of anilines is 1. The second-order valence-corrected chi connectivity index (χ2v) is 6.92. The number of morpholine rings is 1. The molecule has 1 fully saturated rings. The normalized spacial score (nSPS) is 15.2. The molecule has 2 aromatic rings. The fourth-order valence-corrected chi connectivity index (χ4v) is 2.96. The third-order valence-electron chi connectivity index (χ3n) is 4.32. The van der Waals surface area contributed by atoms with Crippen LogP contribution < -0.4 is 11.1 Å². The van der Waals surface area contributed by atoms with Gasteiger partial charge < -0.3 is 20.6 Å². The average molecular weight is 421 g/mol. The minimum atomic E-state index is -0.561. The highest BCUT2D eigenvalue weighted by molar-refractivity contribution is 6.31. The van der Waals surface area contributed by atoms with Crippen molar-refractivity contribution in [1.82, 2.24) is 4.90 Å². The molecule has 3 N–H and O–H groups in total. The summed E-state index contributed by atoms with van der Waals surface area (Å²) in [5.74, 6) is -0.861. The van der Waals surface area contributed by atoms with Crippen LogP contribution in [0.1, 0.15) is 11.1 Å². The Morgan fingerprint density at radius 2 is 1.97 bits per heavy atom. The van der Waals surface area contributed by atoms with E-state index in [9.17, 15) is 9.18 Å². The largest absolute Gasteiger partial charge is 0.384 e. The van der Waals surface area contributed by atoms with Crippen LogP contribution in [0.25, 0.3) is 0 Å². The Morgan fingerprint density at radius 1 is 1.24 bits per heavy atom. The van der Waals surface area contributed by atoms with Crippen LogP contribution in [0.5, 0.6) is 0 Å². The Kier molecular flexibility index (Phi) is 7.40. The second kappa shape index (κ2) is 10.2. The number of hydrogen-bond donors (Lipinski definition) is 2. The van der Waals surface area contributed by atoms with Crippen molar-refractivity contribution in [3.8, 4) is 0 Å². The van der Waals surface area contributed by atoms with E-state index in [-0.39, 0.29) is 17.5 Å². The summed E-state index contributed by atoms with van der Waals surface area (Å²) in [4.78, 5) is 19.2. The molecule has 0 spiro atoms. The first kappa shape index (κ1) is 21.0. The van der Waals surface area contributed by atoms with Crippen LogP contribution in [0.4, 0.5) is 10.1 Å². The number of hydrogen-bond acceptors (Lipinski definition) is 5. The number of benzene rings is 2. The first-order valence-corrected chi connectivity index (χ1v) is 9.49. The Morgan fingerprint density at radius 3 is 2.66 bits per heavy atom. The molecule has 0 aromatic heterocycles.